The molecule has 0 unspecified atom stereocenters. The van der Waals surface area contributed by atoms with Crippen molar-refractivity contribution < 1.29 is 9.53 Å². The van der Waals surface area contributed by atoms with E-state index in [2.05, 4.69) is 20.5 Å². The summed E-state index contributed by atoms with van der Waals surface area (Å²) in [5, 5.41) is 11.3. The number of rotatable bonds is 4. The smallest absolute Gasteiger partial charge is 0.406 e. The molecule has 0 bridgehead atoms. The average molecular weight is 279 g/mol. The molecule has 6 heteroatoms. The van der Waals surface area contributed by atoms with Crippen LogP contribution in [0.15, 0.2) is 22.9 Å². The van der Waals surface area contributed by atoms with Crippen LogP contribution in [0.4, 0.5) is 4.79 Å². The summed E-state index contributed by atoms with van der Waals surface area (Å²) in [5.41, 5.74) is 3.17. The highest BCUT2D eigenvalue weighted by Gasteiger charge is 2.18. The van der Waals surface area contributed by atoms with Crippen LogP contribution in [0.5, 0.6) is 0 Å². The van der Waals surface area contributed by atoms with Gasteiger partial charge >= 0.3 is 6.09 Å². The number of aromatic nitrogens is 2. The number of hydrogen-bond acceptors (Lipinski definition) is 4. The number of amides is 1. The Kier molecular flexibility index (Phi) is 4.21. The highest BCUT2D eigenvalue weighted by Crippen LogP contribution is 2.22. The second-order valence-electron chi connectivity index (χ2n) is 4.32. The molecule has 5 nitrogen and oxygen atoms in total. The van der Waals surface area contributed by atoms with Gasteiger partial charge in [-0.15, -0.1) is 0 Å². The fraction of sp³-hybridized carbons (Fsp3) is 0.385. The number of thiophene rings is 1. The van der Waals surface area contributed by atoms with E-state index in [0.29, 0.717) is 6.54 Å². The van der Waals surface area contributed by atoms with Crippen molar-refractivity contribution in [2.24, 2.45) is 0 Å². The first-order valence-corrected chi connectivity index (χ1v) is 6.92. The van der Waals surface area contributed by atoms with Gasteiger partial charge in [-0.25, -0.2) is 4.79 Å². The molecule has 1 atom stereocenters. The van der Waals surface area contributed by atoms with Crippen LogP contribution in [0, 0.1) is 13.8 Å². The topological polar surface area (TPSA) is 56.1 Å². The minimum atomic E-state index is -0.429. The molecule has 1 amide bonds. The molecule has 0 aromatic carbocycles. The van der Waals surface area contributed by atoms with E-state index in [1.54, 1.807) is 11.3 Å². The molecule has 2 aromatic heterocycles. The Bertz CT molecular complexity index is 548. The van der Waals surface area contributed by atoms with Gasteiger partial charge < -0.3 is 10.1 Å². The Morgan fingerprint density at radius 2 is 2.37 bits per heavy atom. The van der Waals surface area contributed by atoms with Crippen molar-refractivity contribution in [3.05, 3.63) is 39.8 Å². The molecule has 0 aliphatic rings. The maximum atomic E-state index is 11.2. The van der Waals surface area contributed by atoms with Gasteiger partial charge in [0, 0.05) is 12.2 Å². The predicted octanol–water partition coefficient (Wildman–Crippen LogP) is 2.51. The second-order valence-corrected chi connectivity index (χ2v) is 5.10. The molecule has 2 rings (SSSR count). The maximum absolute atomic E-state index is 11.2. The number of methoxy groups -OCH3 is 1. The number of nitrogens with one attached hydrogen (secondary N) is 1. The first kappa shape index (κ1) is 13.6. The second kappa shape index (κ2) is 5.88. The van der Waals surface area contributed by atoms with Gasteiger partial charge in [0.15, 0.2) is 0 Å². The van der Waals surface area contributed by atoms with Gasteiger partial charge in [-0.2, -0.15) is 16.4 Å². The van der Waals surface area contributed by atoms with Crippen molar-refractivity contribution in [1.82, 2.24) is 15.1 Å². The van der Waals surface area contributed by atoms with Crippen LogP contribution in [-0.2, 0) is 4.74 Å². The molecular formula is C13H17N3O2S. The van der Waals surface area contributed by atoms with Crippen LogP contribution < -0.4 is 5.32 Å². The molecule has 0 saturated carbocycles. The van der Waals surface area contributed by atoms with Crippen LogP contribution in [0.3, 0.4) is 0 Å². The number of aryl methyl sites for hydroxylation is 2. The Balaban J connectivity index is 2.24. The van der Waals surface area contributed by atoms with Crippen molar-refractivity contribution in [3.63, 3.8) is 0 Å². The zero-order valence-corrected chi connectivity index (χ0v) is 12.0. The van der Waals surface area contributed by atoms with Crippen LogP contribution in [0.25, 0.3) is 0 Å². The van der Waals surface area contributed by atoms with E-state index in [4.69, 9.17) is 0 Å². The average Bonchev–Trinajstić information content (AvgIpc) is 3.00. The largest absolute Gasteiger partial charge is 0.453 e. The molecule has 0 spiro atoms. The Labute approximate surface area is 116 Å². The summed E-state index contributed by atoms with van der Waals surface area (Å²) in [6, 6.07) is 4.06. The third-order valence-electron chi connectivity index (χ3n) is 2.89. The van der Waals surface area contributed by atoms with Gasteiger partial charge in [-0.1, -0.05) is 0 Å². The lowest BCUT2D eigenvalue weighted by Gasteiger charge is -2.18. The summed E-state index contributed by atoms with van der Waals surface area (Å²) in [7, 11) is 1.36. The van der Waals surface area contributed by atoms with Crippen molar-refractivity contribution in [2.45, 2.75) is 19.9 Å². The number of alkyl carbamates (subject to hydrolysis) is 1. The summed E-state index contributed by atoms with van der Waals surface area (Å²) in [4.78, 5) is 11.2. The zero-order chi connectivity index (χ0) is 13.8. The standard InChI is InChI=1S/C13H17N3O2S/c1-9-6-10(2)16(15-9)12(7-14-13(17)18-3)11-4-5-19-8-11/h4-6,8,12H,7H2,1-3H3,(H,14,17)/t12-/m0/s1. The van der Waals surface area contributed by atoms with E-state index in [1.165, 1.54) is 7.11 Å². The summed E-state index contributed by atoms with van der Waals surface area (Å²) in [5.74, 6) is 0. The van der Waals surface area contributed by atoms with Crippen LogP contribution in [0.2, 0.25) is 0 Å². The molecule has 102 valence electrons. The number of ether oxygens (including phenoxy) is 1. The minimum Gasteiger partial charge on any atom is -0.453 e. The molecule has 19 heavy (non-hydrogen) atoms. The lowest BCUT2D eigenvalue weighted by atomic mass is 10.1. The fourth-order valence-electron chi connectivity index (χ4n) is 2.02. The Hall–Kier alpha value is -1.82. The minimum absolute atomic E-state index is 0.0148. The quantitative estimate of drug-likeness (QED) is 0.935. The summed E-state index contributed by atoms with van der Waals surface area (Å²) in [6.07, 6.45) is -0.429. The lowest BCUT2D eigenvalue weighted by molar-refractivity contribution is 0.169. The van der Waals surface area contributed by atoms with Gasteiger partial charge in [0.25, 0.3) is 0 Å². The van der Waals surface area contributed by atoms with Crippen molar-refractivity contribution in [3.8, 4) is 0 Å². The third-order valence-corrected chi connectivity index (χ3v) is 3.59. The number of carbonyl (C=O) groups excluding carboxylic acids is 1. The molecule has 0 radical (unpaired) electrons. The normalized spacial score (nSPS) is 12.2. The van der Waals surface area contributed by atoms with Gasteiger partial charge in [0.05, 0.1) is 18.8 Å². The van der Waals surface area contributed by atoms with Gasteiger partial charge in [-0.3, -0.25) is 4.68 Å². The van der Waals surface area contributed by atoms with E-state index in [9.17, 15) is 4.79 Å². The molecule has 0 aliphatic heterocycles. The van der Waals surface area contributed by atoms with Gasteiger partial charge in [-0.05, 0) is 42.3 Å². The molecule has 2 heterocycles. The van der Waals surface area contributed by atoms with E-state index in [0.717, 1.165) is 17.0 Å². The van der Waals surface area contributed by atoms with E-state index in [1.807, 2.05) is 36.0 Å². The summed E-state index contributed by atoms with van der Waals surface area (Å²) in [6.45, 7) is 4.42. The van der Waals surface area contributed by atoms with E-state index >= 15 is 0 Å². The van der Waals surface area contributed by atoms with Crippen molar-refractivity contribution in [1.29, 1.82) is 0 Å². The first-order valence-electron chi connectivity index (χ1n) is 5.98. The Morgan fingerprint density at radius 1 is 1.58 bits per heavy atom. The summed E-state index contributed by atoms with van der Waals surface area (Å²) < 4.78 is 6.55. The zero-order valence-electron chi connectivity index (χ0n) is 11.2. The highest BCUT2D eigenvalue weighted by molar-refractivity contribution is 7.07. The molecule has 1 N–H and O–H groups in total. The van der Waals surface area contributed by atoms with E-state index in [-0.39, 0.29) is 6.04 Å². The monoisotopic (exact) mass is 279 g/mol. The van der Waals surface area contributed by atoms with Gasteiger partial charge in [0.1, 0.15) is 0 Å². The molecule has 0 fully saturated rings. The maximum Gasteiger partial charge on any atom is 0.406 e. The number of carbonyl (C=O) groups is 1. The Morgan fingerprint density at radius 3 is 2.89 bits per heavy atom. The lowest BCUT2D eigenvalue weighted by Crippen LogP contribution is -2.31. The van der Waals surface area contributed by atoms with Crippen molar-refractivity contribution in [2.75, 3.05) is 13.7 Å². The third kappa shape index (κ3) is 3.14. The highest BCUT2D eigenvalue weighted by atomic mass is 32.1. The first-order chi connectivity index (χ1) is 9.11. The number of nitrogens with zero attached hydrogens (tertiary/aromatic N) is 2. The molecule has 0 aliphatic carbocycles. The molecule has 2 aromatic rings. The van der Waals surface area contributed by atoms with Crippen LogP contribution in [-0.4, -0.2) is 29.5 Å². The van der Waals surface area contributed by atoms with E-state index < -0.39 is 6.09 Å². The SMILES string of the molecule is COC(=O)NC[C@@H](c1ccsc1)n1nc(C)cc1C. The number of hydrogen-bond donors (Lipinski definition) is 1. The van der Waals surface area contributed by atoms with Gasteiger partial charge in [0.2, 0.25) is 0 Å². The fourth-order valence-corrected chi connectivity index (χ4v) is 2.73. The molecular weight excluding hydrogens is 262 g/mol. The summed E-state index contributed by atoms with van der Waals surface area (Å²) >= 11 is 1.63. The van der Waals surface area contributed by atoms with Crippen LogP contribution >= 0.6 is 11.3 Å². The van der Waals surface area contributed by atoms with Crippen molar-refractivity contribution >= 4 is 17.4 Å². The predicted molar refractivity (Wildman–Crippen MR) is 74.6 cm³/mol. The molecule has 0 saturated heterocycles. The van der Waals surface area contributed by atoms with Crippen LogP contribution in [0.1, 0.15) is 23.0 Å².